The molecule has 1 aliphatic heterocycles. The standard InChI is InChI=1S/C4H9N.H3N.H2O4S/c1-2-4-5-3-1;;1-5(2,3)4/h5H,1-4H2;1H3;(H2,1,2,3,4). The predicted molar refractivity (Wildman–Crippen MR) is 41.3 cm³/mol. The Bertz CT molecular complexity index is 147. The van der Waals surface area contributed by atoms with E-state index in [0.29, 0.717) is 0 Å². The van der Waals surface area contributed by atoms with E-state index >= 15 is 0 Å². The highest BCUT2D eigenvalue weighted by Crippen LogP contribution is 1.90. The Balaban J connectivity index is 0. The van der Waals surface area contributed by atoms with Crippen LogP contribution in [-0.2, 0) is 10.4 Å². The molecule has 0 aromatic carbocycles. The molecule has 0 aromatic heterocycles. The fourth-order valence-corrected chi connectivity index (χ4v) is 0.625. The van der Waals surface area contributed by atoms with Crippen LogP contribution in [0, 0.1) is 0 Å². The van der Waals surface area contributed by atoms with Gasteiger partial charge in [-0.3, -0.25) is 9.11 Å². The van der Waals surface area contributed by atoms with Gasteiger partial charge in [-0.05, 0) is 25.9 Å². The van der Waals surface area contributed by atoms with E-state index in [2.05, 4.69) is 5.32 Å². The molecule has 6 N–H and O–H groups in total. The van der Waals surface area contributed by atoms with Crippen molar-refractivity contribution in [2.45, 2.75) is 12.8 Å². The van der Waals surface area contributed by atoms with Crippen molar-refractivity contribution in [3.8, 4) is 0 Å². The Morgan fingerprint density at radius 1 is 1.09 bits per heavy atom. The molecule has 0 bridgehead atoms. The maximum absolute atomic E-state index is 8.74. The Morgan fingerprint density at radius 3 is 1.45 bits per heavy atom. The molecule has 0 spiro atoms. The molecule has 1 saturated heterocycles. The minimum absolute atomic E-state index is 0. The molecule has 6 nitrogen and oxygen atoms in total. The van der Waals surface area contributed by atoms with E-state index in [1.54, 1.807) is 0 Å². The Labute approximate surface area is 66.2 Å². The smallest absolute Gasteiger partial charge is 0.344 e. The quantitative estimate of drug-likeness (QED) is 0.391. The van der Waals surface area contributed by atoms with Crippen LogP contribution in [0.3, 0.4) is 0 Å². The molecule has 0 saturated carbocycles. The molecule has 0 radical (unpaired) electrons. The van der Waals surface area contributed by atoms with Gasteiger partial charge in [0.05, 0.1) is 0 Å². The lowest BCUT2D eigenvalue weighted by Gasteiger charge is -1.76. The average molecular weight is 186 g/mol. The van der Waals surface area contributed by atoms with Gasteiger partial charge in [-0.15, -0.1) is 0 Å². The monoisotopic (exact) mass is 186 g/mol. The Hall–Kier alpha value is -0.210. The molecule has 0 aromatic rings. The highest BCUT2D eigenvalue weighted by atomic mass is 32.3. The summed E-state index contributed by atoms with van der Waals surface area (Å²) >= 11 is 0. The van der Waals surface area contributed by atoms with Crippen molar-refractivity contribution >= 4 is 10.4 Å². The summed E-state index contributed by atoms with van der Waals surface area (Å²) in [4.78, 5) is 0. The second-order valence-electron chi connectivity index (χ2n) is 1.90. The lowest BCUT2D eigenvalue weighted by molar-refractivity contribution is 0.381. The Morgan fingerprint density at radius 2 is 1.36 bits per heavy atom. The molecule has 1 aliphatic rings. The zero-order chi connectivity index (χ0) is 8.04. The van der Waals surface area contributed by atoms with Crippen molar-refractivity contribution in [3.63, 3.8) is 0 Å². The number of hydrogen-bond acceptors (Lipinski definition) is 4. The molecule has 1 heterocycles. The molecule has 7 heteroatoms. The number of hydrogen-bond donors (Lipinski definition) is 4. The van der Waals surface area contributed by atoms with E-state index in [1.165, 1.54) is 25.9 Å². The largest absolute Gasteiger partial charge is 0.394 e. The zero-order valence-corrected chi connectivity index (χ0v) is 6.97. The van der Waals surface area contributed by atoms with Crippen molar-refractivity contribution in [1.82, 2.24) is 11.5 Å². The van der Waals surface area contributed by atoms with Crippen LogP contribution in [0.15, 0.2) is 0 Å². The topological polar surface area (TPSA) is 122 Å². The van der Waals surface area contributed by atoms with Crippen LogP contribution in [0.4, 0.5) is 0 Å². The molecule has 1 fully saturated rings. The summed E-state index contributed by atoms with van der Waals surface area (Å²) in [5, 5.41) is 3.22. The third kappa shape index (κ3) is 25.9. The van der Waals surface area contributed by atoms with E-state index < -0.39 is 10.4 Å². The van der Waals surface area contributed by atoms with Gasteiger partial charge in [0.1, 0.15) is 0 Å². The van der Waals surface area contributed by atoms with Crippen molar-refractivity contribution in [2.75, 3.05) is 13.1 Å². The van der Waals surface area contributed by atoms with Gasteiger partial charge in [-0.2, -0.15) is 8.42 Å². The lowest BCUT2D eigenvalue weighted by atomic mass is 10.4. The van der Waals surface area contributed by atoms with E-state index in [4.69, 9.17) is 17.5 Å². The summed E-state index contributed by atoms with van der Waals surface area (Å²) in [7, 11) is -4.67. The van der Waals surface area contributed by atoms with Crippen molar-refractivity contribution in [1.29, 1.82) is 0 Å². The lowest BCUT2D eigenvalue weighted by Crippen LogP contribution is -2.03. The van der Waals surface area contributed by atoms with Gasteiger partial charge in [0, 0.05) is 0 Å². The van der Waals surface area contributed by atoms with Gasteiger partial charge in [0.2, 0.25) is 0 Å². The Kier molecular flexibility index (Phi) is 7.91. The summed E-state index contributed by atoms with van der Waals surface area (Å²) in [6.07, 6.45) is 2.78. The molecule has 0 aliphatic carbocycles. The van der Waals surface area contributed by atoms with Crippen LogP contribution >= 0.6 is 0 Å². The van der Waals surface area contributed by atoms with Gasteiger partial charge >= 0.3 is 10.4 Å². The minimum Gasteiger partial charge on any atom is -0.344 e. The number of nitrogens with one attached hydrogen (secondary N) is 1. The van der Waals surface area contributed by atoms with Gasteiger partial charge in [0.25, 0.3) is 0 Å². The summed E-state index contributed by atoms with van der Waals surface area (Å²) in [5.74, 6) is 0. The van der Waals surface area contributed by atoms with Crippen LogP contribution < -0.4 is 11.5 Å². The normalized spacial score (nSPS) is 16.2. The average Bonchev–Trinajstić information content (AvgIpc) is 2.07. The zero-order valence-electron chi connectivity index (χ0n) is 6.15. The van der Waals surface area contributed by atoms with Crippen molar-refractivity contribution in [3.05, 3.63) is 0 Å². The second kappa shape index (κ2) is 6.50. The van der Waals surface area contributed by atoms with Crippen molar-refractivity contribution < 1.29 is 17.5 Å². The highest BCUT2D eigenvalue weighted by molar-refractivity contribution is 7.79. The number of rotatable bonds is 0. The first kappa shape index (κ1) is 13.4. The first-order valence-corrected chi connectivity index (χ1v) is 4.30. The third-order valence-electron chi connectivity index (χ3n) is 0.957. The molecular weight excluding hydrogens is 172 g/mol. The molecule has 0 atom stereocenters. The summed E-state index contributed by atoms with van der Waals surface area (Å²) in [6, 6.07) is 0. The minimum atomic E-state index is -4.67. The first-order valence-electron chi connectivity index (χ1n) is 2.91. The van der Waals surface area contributed by atoms with Gasteiger partial charge in [-0.25, -0.2) is 0 Å². The molecule has 70 valence electrons. The van der Waals surface area contributed by atoms with E-state index in [1.807, 2.05) is 0 Å². The molecular formula is C4H14N2O4S. The summed E-state index contributed by atoms with van der Waals surface area (Å²) < 4.78 is 31.6. The van der Waals surface area contributed by atoms with Gasteiger partial charge in [-0.1, -0.05) is 0 Å². The van der Waals surface area contributed by atoms with E-state index in [9.17, 15) is 0 Å². The SMILES string of the molecule is C1CCNC1.N.O=S(=O)(O)O. The summed E-state index contributed by atoms with van der Waals surface area (Å²) in [5.41, 5.74) is 0. The molecule has 0 amide bonds. The second-order valence-corrected chi connectivity index (χ2v) is 2.80. The fraction of sp³-hybridized carbons (Fsp3) is 1.00. The van der Waals surface area contributed by atoms with Gasteiger partial charge in [0.15, 0.2) is 0 Å². The van der Waals surface area contributed by atoms with E-state index in [0.717, 1.165) is 0 Å². The molecule has 1 rings (SSSR count). The first-order chi connectivity index (χ1) is 4.50. The van der Waals surface area contributed by atoms with Gasteiger partial charge < -0.3 is 11.5 Å². The highest BCUT2D eigenvalue weighted by Gasteiger charge is 1.93. The van der Waals surface area contributed by atoms with Crippen LogP contribution in [0.1, 0.15) is 12.8 Å². The maximum Gasteiger partial charge on any atom is 0.394 e. The maximum atomic E-state index is 8.74. The molecule has 0 unspecified atom stereocenters. The van der Waals surface area contributed by atoms with Crippen LogP contribution in [0.25, 0.3) is 0 Å². The molecule has 11 heavy (non-hydrogen) atoms. The van der Waals surface area contributed by atoms with Crippen LogP contribution in [0.2, 0.25) is 0 Å². The summed E-state index contributed by atoms with van der Waals surface area (Å²) in [6.45, 7) is 2.50. The van der Waals surface area contributed by atoms with Crippen LogP contribution in [0.5, 0.6) is 0 Å². The van der Waals surface area contributed by atoms with E-state index in [-0.39, 0.29) is 6.15 Å². The van der Waals surface area contributed by atoms with Crippen LogP contribution in [-0.4, -0.2) is 30.6 Å². The fourth-order valence-electron chi connectivity index (χ4n) is 0.625. The van der Waals surface area contributed by atoms with Crippen molar-refractivity contribution in [2.24, 2.45) is 0 Å². The third-order valence-corrected chi connectivity index (χ3v) is 0.957. The predicted octanol–water partition coefficient (Wildman–Crippen LogP) is -0.121.